The molecule has 6 fully saturated rings. The molecule has 0 amide bonds. The molecule has 9 nitrogen and oxygen atoms in total. The minimum Gasteiger partial charge on any atom is -1.00 e. The molecule has 6 rings (SSSR count). The van der Waals surface area contributed by atoms with Gasteiger partial charge in [0.1, 0.15) is 12.1 Å². The Kier molecular flexibility index (Phi) is 10.7. The fourth-order valence-corrected chi connectivity index (χ4v) is 11.6. The molecule has 2 saturated heterocycles. The molecule has 6 aliphatic rings. The van der Waals surface area contributed by atoms with Gasteiger partial charge in [0.2, 0.25) is 0 Å². The lowest BCUT2D eigenvalue weighted by Crippen LogP contribution is -3.00. The number of piperidine rings is 1. The summed E-state index contributed by atoms with van der Waals surface area (Å²) in [5.74, 6) is 0.780. The number of aliphatic carboxylic acids is 1. The normalized spacial score (nSPS) is 42.7. The van der Waals surface area contributed by atoms with E-state index in [4.69, 9.17) is 19.3 Å². The van der Waals surface area contributed by atoms with Crippen LogP contribution in [0.25, 0.3) is 0 Å². The van der Waals surface area contributed by atoms with Crippen LogP contribution in [-0.2, 0) is 28.6 Å². The second-order valence-corrected chi connectivity index (χ2v) is 16.1. The van der Waals surface area contributed by atoms with E-state index in [0.29, 0.717) is 42.9 Å². The van der Waals surface area contributed by atoms with E-state index < -0.39 is 5.97 Å². The number of hydrogen-bond acceptors (Lipinski definition) is 7. The maximum atomic E-state index is 12.8. The first kappa shape index (κ1) is 35.1. The summed E-state index contributed by atoms with van der Waals surface area (Å²) in [4.78, 5) is 38.9. The zero-order valence-corrected chi connectivity index (χ0v) is 29.6. The molecule has 1 N–H and O–H groups in total. The van der Waals surface area contributed by atoms with Gasteiger partial charge in [-0.1, -0.05) is 13.8 Å². The highest BCUT2D eigenvalue weighted by Gasteiger charge is 2.67. The van der Waals surface area contributed by atoms with Gasteiger partial charge in [0.25, 0.3) is 0 Å². The number of carboxylic acid groups (broad SMARTS) is 1. The first-order valence-corrected chi connectivity index (χ1v) is 17.7. The molecule has 3 unspecified atom stereocenters. The van der Waals surface area contributed by atoms with Crippen LogP contribution in [0.1, 0.15) is 97.8 Å². The summed E-state index contributed by atoms with van der Waals surface area (Å²) in [6.07, 6.45) is 11.0. The zero-order valence-electron chi connectivity index (χ0n) is 28.0. The third-order valence-electron chi connectivity index (χ3n) is 13.9. The number of halogens is 1. The molecule has 0 aromatic heterocycles. The highest BCUT2D eigenvalue weighted by Crippen LogP contribution is 2.67. The van der Waals surface area contributed by atoms with Crippen molar-refractivity contribution in [1.82, 2.24) is 4.90 Å². The fraction of sp³-hybridized carbons (Fsp3) is 0.914. The Morgan fingerprint density at radius 1 is 0.933 bits per heavy atom. The molecule has 0 aromatic carbocycles. The van der Waals surface area contributed by atoms with Gasteiger partial charge in [0.15, 0.2) is 6.10 Å². The number of likely N-dealkylation sites (N-methyl/N-ethyl adjacent to an activating group) is 1. The molecule has 0 radical (unpaired) electrons. The Labute approximate surface area is 280 Å². The summed E-state index contributed by atoms with van der Waals surface area (Å²) in [6, 6.07) is 0.504. The lowest BCUT2D eigenvalue weighted by molar-refractivity contribution is -0.940. The molecule has 10 atom stereocenters. The number of esters is 2. The summed E-state index contributed by atoms with van der Waals surface area (Å²) in [5, 5.41) is 9.11. The number of fused-ring (bicyclic) bond motifs is 5. The molecular weight excluding hydrogens is 640 g/mol. The molecule has 4 aliphatic carbocycles. The van der Waals surface area contributed by atoms with Crippen LogP contribution in [0, 0.1) is 34.5 Å². The number of likely N-dealkylation sites (tertiary alicyclic amines) is 1. The van der Waals surface area contributed by atoms with Gasteiger partial charge >= 0.3 is 17.9 Å². The van der Waals surface area contributed by atoms with E-state index in [2.05, 4.69) is 25.8 Å². The van der Waals surface area contributed by atoms with Crippen LogP contribution >= 0.6 is 0 Å². The quantitative estimate of drug-likeness (QED) is 0.317. The third-order valence-corrected chi connectivity index (χ3v) is 13.9. The van der Waals surface area contributed by atoms with Crippen LogP contribution in [0.2, 0.25) is 0 Å². The van der Waals surface area contributed by atoms with Crippen molar-refractivity contribution in [3.8, 4) is 0 Å². The van der Waals surface area contributed by atoms with Gasteiger partial charge in [-0.2, -0.15) is 0 Å². The number of rotatable bonds is 7. The number of quaternary nitrogens is 1. The molecule has 256 valence electrons. The van der Waals surface area contributed by atoms with Gasteiger partial charge in [-0.25, -0.2) is 0 Å². The standard InChI is InChI=1S/C35H56N2O7.BrH/c1-23(38)43-33-29(37(4)16-6-5-7-17-37)21-27-25-9-8-24-20-30(44-32(41)11-10-31(39)40)28(36-14-18-42-19-15-36)22-35(24,3)26(25)12-13-34(27,33)2;/h24-30,33H,5-22H2,1-4H3;1H/t24-,25?,26?,27?,28-,29-,30-,33-,34-,35-;/m0./s1. The predicted octanol–water partition coefficient (Wildman–Crippen LogP) is 1.66. The molecule has 10 heteroatoms. The van der Waals surface area contributed by atoms with E-state index in [-0.39, 0.29) is 70.8 Å². The van der Waals surface area contributed by atoms with Gasteiger partial charge in [0.05, 0.1) is 46.2 Å². The van der Waals surface area contributed by atoms with E-state index in [1.165, 1.54) is 38.8 Å². The van der Waals surface area contributed by atoms with E-state index in [1.807, 2.05) is 0 Å². The van der Waals surface area contributed by atoms with Crippen LogP contribution in [0.5, 0.6) is 0 Å². The van der Waals surface area contributed by atoms with Crippen molar-refractivity contribution in [1.29, 1.82) is 0 Å². The molecule has 0 spiro atoms. The number of morpholine rings is 1. The number of hydrogen-bond donors (Lipinski definition) is 1. The van der Waals surface area contributed by atoms with E-state index >= 15 is 0 Å². The van der Waals surface area contributed by atoms with Crippen LogP contribution in [0.3, 0.4) is 0 Å². The predicted molar refractivity (Wildman–Crippen MR) is 165 cm³/mol. The number of nitrogens with zero attached hydrogens (tertiary/aromatic N) is 2. The van der Waals surface area contributed by atoms with Gasteiger partial charge in [0, 0.05) is 37.9 Å². The number of ether oxygens (including phenoxy) is 3. The van der Waals surface area contributed by atoms with E-state index in [9.17, 15) is 14.4 Å². The van der Waals surface area contributed by atoms with Crippen LogP contribution in [0.15, 0.2) is 0 Å². The van der Waals surface area contributed by atoms with Gasteiger partial charge < -0.3 is 40.8 Å². The minimum atomic E-state index is -0.966. The maximum Gasteiger partial charge on any atom is 0.306 e. The third kappa shape index (κ3) is 6.60. The SMILES string of the molecule is CC(=O)O[C@H]1[C@@H]([N+]2(C)CCCCC2)CC2C3CC[C@H]4C[C@H](OC(=O)CCC(=O)O)[C@@H](N5CCOCC5)C[C@]4(C)C3CC[C@@]21C.[Br-]. The van der Waals surface area contributed by atoms with E-state index in [1.54, 1.807) is 6.92 Å². The fourth-order valence-electron chi connectivity index (χ4n) is 11.6. The molecule has 0 aromatic rings. The van der Waals surface area contributed by atoms with Crippen molar-refractivity contribution in [2.24, 2.45) is 34.5 Å². The summed E-state index contributed by atoms with van der Waals surface area (Å²) in [6.45, 7) is 12.0. The zero-order chi connectivity index (χ0) is 31.3. The number of carboxylic acids is 1. The first-order chi connectivity index (χ1) is 20.9. The summed E-state index contributed by atoms with van der Waals surface area (Å²) in [5.41, 5.74) is 0.162. The number of carbonyl (C=O) groups excluding carboxylic acids is 2. The van der Waals surface area contributed by atoms with Crippen LogP contribution < -0.4 is 17.0 Å². The van der Waals surface area contributed by atoms with E-state index in [0.717, 1.165) is 56.1 Å². The monoisotopic (exact) mass is 696 g/mol. The maximum absolute atomic E-state index is 12.8. The van der Waals surface area contributed by atoms with Crippen molar-refractivity contribution in [3.05, 3.63) is 0 Å². The van der Waals surface area contributed by atoms with Crippen molar-refractivity contribution >= 4 is 17.9 Å². The smallest absolute Gasteiger partial charge is 0.306 e. The largest absolute Gasteiger partial charge is 1.00 e. The van der Waals surface area contributed by atoms with Crippen molar-refractivity contribution < 1.29 is 55.2 Å². The topological polar surface area (TPSA) is 102 Å². The van der Waals surface area contributed by atoms with Crippen LogP contribution in [0.4, 0.5) is 0 Å². The Morgan fingerprint density at radius 2 is 1.64 bits per heavy atom. The summed E-state index contributed by atoms with van der Waals surface area (Å²) >= 11 is 0. The molecule has 45 heavy (non-hydrogen) atoms. The lowest BCUT2D eigenvalue weighted by atomic mass is 9.44. The van der Waals surface area contributed by atoms with Gasteiger partial charge in [-0.15, -0.1) is 0 Å². The highest BCUT2D eigenvalue weighted by molar-refractivity contribution is 5.76. The van der Waals surface area contributed by atoms with Crippen LogP contribution in [-0.4, -0.2) is 103 Å². The highest BCUT2D eigenvalue weighted by atomic mass is 79.9. The molecule has 0 bridgehead atoms. The Balaban J connectivity index is 0.00000400. The van der Waals surface area contributed by atoms with Crippen molar-refractivity contribution in [3.63, 3.8) is 0 Å². The lowest BCUT2D eigenvalue weighted by Gasteiger charge is -2.62. The Hall–Kier alpha value is -1.23. The second-order valence-electron chi connectivity index (χ2n) is 16.1. The average molecular weight is 698 g/mol. The van der Waals surface area contributed by atoms with Gasteiger partial charge in [-0.05, 0) is 86.9 Å². The summed E-state index contributed by atoms with van der Waals surface area (Å²) in [7, 11) is 2.43. The average Bonchev–Trinajstić information content (AvgIpc) is 3.29. The van der Waals surface area contributed by atoms with Gasteiger partial charge in [-0.3, -0.25) is 19.3 Å². The van der Waals surface area contributed by atoms with Crippen molar-refractivity contribution in [2.75, 3.05) is 46.4 Å². The Morgan fingerprint density at radius 3 is 2.31 bits per heavy atom. The molecular formula is C35H57BrN2O7. The molecule has 4 saturated carbocycles. The summed E-state index contributed by atoms with van der Waals surface area (Å²) < 4.78 is 19.2. The minimum absolute atomic E-state index is 0. The first-order valence-electron chi connectivity index (χ1n) is 17.7. The number of carbonyl (C=O) groups is 3. The van der Waals surface area contributed by atoms with Crippen molar-refractivity contribution in [2.45, 2.75) is 122 Å². The second kappa shape index (κ2) is 13.7. The molecule has 2 heterocycles. The Bertz CT molecular complexity index is 1090. The molecule has 2 aliphatic heterocycles.